The molecule has 1 aliphatic rings. The van der Waals surface area contributed by atoms with Crippen LogP contribution in [0.5, 0.6) is 0 Å². The molecule has 1 aliphatic heterocycles. The van der Waals surface area contributed by atoms with E-state index in [0.717, 1.165) is 5.06 Å². The maximum absolute atomic E-state index is 12.2. The Hall–Kier alpha value is -1.33. The molecule has 1 saturated heterocycles. The smallest absolute Gasteiger partial charge is 0.374 e. The van der Waals surface area contributed by atoms with E-state index >= 15 is 0 Å². The lowest BCUT2D eigenvalue weighted by Gasteiger charge is -2.49. The SMILES string of the molecule is CC1(C)CC(OC(=O)c2ccco2)CC(C)(C)N1[O]. The molecule has 1 fully saturated rings. The Balaban J connectivity index is 2.08. The Morgan fingerprint density at radius 1 is 1.32 bits per heavy atom. The van der Waals surface area contributed by atoms with Crippen molar-refractivity contribution in [2.75, 3.05) is 0 Å². The molecule has 0 unspecified atom stereocenters. The van der Waals surface area contributed by atoms with E-state index < -0.39 is 17.0 Å². The number of ether oxygens (including phenoxy) is 1. The summed E-state index contributed by atoms with van der Waals surface area (Å²) in [6.07, 6.45) is 2.21. The first-order valence-corrected chi connectivity index (χ1v) is 6.44. The number of carbonyl (C=O) groups excluding carboxylic acids is 1. The van der Waals surface area contributed by atoms with Gasteiger partial charge in [0.25, 0.3) is 0 Å². The molecule has 0 aliphatic carbocycles. The first kappa shape index (κ1) is 14.1. The molecular weight excluding hydrogens is 246 g/mol. The largest absolute Gasteiger partial charge is 0.457 e. The Morgan fingerprint density at radius 2 is 1.89 bits per heavy atom. The Bertz CT molecular complexity index is 432. The summed E-state index contributed by atoms with van der Waals surface area (Å²) >= 11 is 0. The molecule has 0 saturated carbocycles. The topological polar surface area (TPSA) is 62.6 Å². The minimum Gasteiger partial charge on any atom is -0.457 e. The van der Waals surface area contributed by atoms with Crippen LogP contribution >= 0.6 is 0 Å². The van der Waals surface area contributed by atoms with E-state index in [1.54, 1.807) is 12.1 Å². The van der Waals surface area contributed by atoms with Gasteiger partial charge >= 0.3 is 5.97 Å². The van der Waals surface area contributed by atoms with Crippen molar-refractivity contribution in [2.45, 2.75) is 57.7 Å². The van der Waals surface area contributed by atoms with Gasteiger partial charge in [-0.25, -0.2) is 4.79 Å². The van der Waals surface area contributed by atoms with E-state index in [9.17, 15) is 10.0 Å². The van der Waals surface area contributed by atoms with Crippen LogP contribution in [0.4, 0.5) is 0 Å². The highest BCUT2D eigenvalue weighted by Gasteiger charge is 2.47. The lowest BCUT2D eigenvalue weighted by Crippen LogP contribution is -2.60. The van der Waals surface area contributed by atoms with Crippen molar-refractivity contribution in [1.82, 2.24) is 5.06 Å². The van der Waals surface area contributed by atoms with Gasteiger partial charge in [0.15, 0.2) is 0 Å². The van der Waals surface area contributed by atoms with Gasteiger partial charge in [-0.15, -0.1) is 10.3 Å². The van der Waals surface area contributed by atoms with Crippen molar-refractivity contribution in [2.24, 2.45) is 0 Å². The molecule has 1 aromatic rings. The zero-order valence-electron chi connectivity index (χ0n) is 11.8. The number of hydroxylamine groups is 2. The highest BCUT2D eigenvalue weighted by molar-refractivity contribution is 5.86. The predicted molar refractivity (Wildman–Crippen MR) is 67.8 cm³/mol. The van der Waals surface area contributed by atoms with Crippen molar-refractivity contribution >= 4 is 5.97 Å². The van der Waals surface area contributed by atoms with Crippen molar-refractivity contribution in [3.8, 4) is 0 Å². The van der Waals surface area contributed by atoms with E-state index in [4.69, 9.17) is 9.15 Å². The first-order valence-electron chi connectivity index (χ1n) is 6.44. The van der Waals surface area contributed by atoms with Crippen LogP contribution < -0.4 is 0 Å². The van der Waals surface area contributed by atoms with Crippen LogP contribution in [0.2, 0.25) is 0 Å². The summed E-state index contributed by atoms with van der Waals surface area (Å²) in [5, 5.41) is 13.3. The van der Waals surface area contributed by atoms with Crippen molar-refractivity contribution in [3.63, 3.8) is 0 Å². The summed E-state index contributed by atoms with van der Waals surface area (Å²) in [6.45, 7) is 7.48. The number of hydrogen-bond donors (Lipinski definition) is 0. The van der Waals surface area contributed by atoms with E-state index in [0.29, 0.717) is 12.8 Å². The molecule has 105 valence electrons. The van der Waals surface area contributed by atoms with Gasteiger partial charge < -0.3 is 9.15 Å². The molecule has 0 N–H and O–H groups in total. The number of carbonyl (C=O) groups is 1. The standard InChI is InChI=1S/C14H20NO4/c1-13(2)8-10(9-14(3,4)15(13)17)19-12(16)11-6-5-7-18-11/h5-7,10H,8-9H2,1-4H3. The number of furan rings is 1. The molecular formula is C14H20NO4. The molecule has 0 bridgehead atoms. The highest BCUT2D eigenvalue weighted by atomic mass is 16.6. The zero-order chi connectivity index (χ0) is 14.3. The van der Waals surface area contributed by atoms with Crippen molar-refractivity contribution < 1.29 is 19.2 Å². The molecule has 0 atom stereocenters. The fourth-order valence-corrected chi connectivity index (χ4v) is 2.86. The third kappa shape index (κ3) is 2.82. The van der Waals surface area contributed by atoms with Gasteiger partial charge in [0.1, 0.15) is 6.10 Å². The summed E-state index contributed by atoms with van der Waals surface area (Å²) < 4.78 is 10.5. The Morgan fingerprint density at radius 3 is 2.37 bits per heavy atom. The minimum absolute atomic E-state index is 0.195. The lowest BCUT2D eigenvalue weighted by atomic mass is 9.80. The summed E-state index contributed by atoms with van der Waals surface area (Å²) in [4.78, 5) is 11.9. The maximum Gasteiger partial charge on any atom is 0.374 e. The molecule has 1 radical (unpaired) electrons. The fourth-order valence-electron chi connectivity index (χ4n) is 2.86. The van der Waals surface area contributed by atoms with E-state index in [2.05, 4.69) is 0 Å². The molecule has 19 heavy (non-hydrogen) atoms. The average molecular weight is 266 g/mol. The first-order chi connectivity index (χ1) is 8.72. The molecule has 5 nitrogen and oxygen atoms in total. The van der Waals surface area contributed by atoms with Gasteiger partial charge in [-0.3, -0.25) is 0 Å². The van der Waals surface area contributed by atoms with Crippen molar-refractivity contribution in [1.29, 1.82) is 0 Å². The number of rotatable bonds is 2. The Labute approximate surface area is 113 Å². The molecule has 2 rings (SSSR count). The Kier molecular flexibility index (Phi) is 3.45. The van der Waals surface area contributed by atoms with Crippen LogP contribution in [0.1, 0.15) is 51.1 Å². The van der Waals surface area contributed by atoms with Crippen LogP contribution in [0.15, 0.2) is 22.8 Å². The van der Waals surface area contributed by atoms with Gasteiger partial charge in [-0.05, 0) is 39.8 Å². The molecule has 0 aromatic carbocycles. The fraction of sp³-hybridized carbons (Fsp3) is 0.643. The van der Waals surface area contributed by atoms with Gasteiger partial charge in [0, 0.05) is 23.9 Å². The van der Waals surface area contributed by atoms with Gasteiger partial charge in [-0.1, -0.05) is 0 Å². The second-order valence-electron chi connectivity index (χ2n) is 6.33. The second-order valence-corrected chi connectivity index (χ2v) is 6.33. The van der Waals surface area contributed by atoms with Gasteiger partial charge in [0.05, 0.1) is 6.26 Å². The summed E-state index contributed by atoms with van der Waals surface area (Å²) in [7, 11) is 0. The highest BCUT2D eigenvalue weighted by Crippen LogP contribution is 2.38. The zero-order valence-corrected chi connectivity index (χ0v) is 11.8. The number of hydrogen-bond acceptors (Lipinski definition) is 4. The van der Waals surface area contributed by atoms with Crippen LogP contribution in [0.3, 0.4) is 0 Å². The van der Waals surface area contributed by atoms with Gasteiger partial charge in [-0.2, -0.15) is 0 Å². The number of esters is 1. The number of piperidine rings is 1. The predicted octanol–water partition coefficient (Wildman–Crippen LogP) is 2.80. The average Bonchev–Trinajstić information content (AvgIpc) is 2.78. The number of nitrogens with zero attached hydrogens (tertiary/aromatic N) is 1. The van der Waals surface area contributed by atoms with Crippen LogP contribution in [0.25, 0.3) is 0 Å². The van der Waals surface area contributed by atoms with Crippen LogP contribution in [-0.2, 0) is 9.94 Å². The van der Waals surface area contributed by atoms with E-state index in [-0.39, 0.29) is 11.9 Å². The van der Waals surface area contributed by atoms with Crippen LogP contribution in [-0.4, -0.2) is 28.2 Å². The summed E-state index contributed by atoms with van der Waals surface area (Å²) in [5.74, 6) is -0.277. The summed E-state index contributed by atoms with van der Waals surface area (Å²) in [6, 6.07) is 3.21. The second kappa shape index (κ2) is 4.65. The minimum atomic E-state index is -0.546. The maximum atomic E-state index is 12.2. The molecule has 0 spiro atoms. The molecule has 0 amide bonds. The third-order valence-electron chi connectivity index (χ3n) is 3.55. The van der Waals surface area contributed by atoms with Gasteiger partial charge in [0.2, 0.25) is 5.76 Å². The van der Waals surface area contributed by atoms with Crippen molar-refractivity contribution in [3.05, 3.63) is 24.2 Å². The summed E-state index contributed by atoms with van der Waals surface area (Å²) in [5.41, 5.74) is -1.09. The quantitative estimate of drug-likeness (QED) is 0.772. The molecule has 5 heteroatoms. The normalized spacial score (nSPS) is 23.2. The third-order valence-corrected chi connectivity index (χ3v) is 3.55. The molecule has 1 aromatic heterocycles. The van der Waals surface area contributed by atoms with Crippen LogP contribution in [0, 0.1) is 0 Å². The molecule has 2 heterocycles. The van der Waals surface area contributed by atoms with E-state index in [1.807, 2.05) is 27.7 Å². The monoisotopic (exact) mass is 266 g/mol. The van der Waals surface area contributed by atoms with E-state index in [1.165, 1.54) is 6.26 Å². The lowest BCUT2D eigenvalue weighted by molar-refractivity contribution is -0.298.